The standard InChI is InChI=1S/C24H19FN2O2S/c25-19-10-11-21-22(13-19)30-24(26-21)27-14-20(15-27)29-23(28)12-16-6-8-18(9-7-16)17-4-2-1-3-5-17/h1-11,13,20H,12,14-15H2. The average molecular weight is 418 g/mol. The molecule has 6 heteroatoms. The van der Waals surface area contributed by atoms with Crippen LogP contribution >= 0.6 is 11.3 Å². The number of nitrogens with zero attached hydrogens (tertiary/aromatic N) is 2. The van der Waals surface area contributed by atoms with Crippen LogP contribution in [-0.4, -0.2) is 30.1 Å². The van der Waals surface area contributed by atoms with Gasteiger partial charge >= 0.3 is 5.97 Å². The molecule has 0 spiro atoms. The molecule has 0 saturated carbocycles. The zero-order chi connectivity index (χ0) is 20.5. The number of ether oxygens (including phenoxy) is 1. The van der Waals surface area contributed by atoms with E-state index in [1.807, 2.05) is 42.5 Å². The van der Waals surface area contributed by atoms with Crippen LogP contribution in [0.1, 0.15) is 5.56 Å². The number of fused-ring (bicyclic) bond motifs is 1. The molecule has 0 N–H and O–H groups in total. The SMILES string of the molecule is O=C(Cc1ccc(-c2ccccc2)cc1)OC1CN(c2nc3ccc(F)cc3s2)C1. The molecule has 0 amide bonds. The largest absolute Gasteiger partial charge is 0.458 e. The Morgan fingerprint density at radius 1 is 1.03 bits per heavy atom. The van der Waals surface area contributed by atoms with Crippen LogP contribution in [0.4, 0.5) is 9.52 Å². The van der Waals surface area contributed by atoms with E-state index in [4.69, 9.17) is 4.74 Å². The number of thiazole rings is 1. The number of hydrogen-bond acceptors (Lipinski definition) is 5. The highest BCUT2D eigenvalue weighted by molar-refractivity contribution is 7.22. The zero-order valence-electron chi connectivity index (χ0n) is 16.1. The molecule has 0 aliphatic carbocycles. The van der Waals surface area contributed by atoms with Crippen LogP contribution in [0, 0.1) is 5.82 Å². The third-order valence-electron chi connectivity index (χ3n) is 5.17. The van der Waals surface area contributed by atoms with E-state index in [0.29, 0.717) is 13.1 Å². The number of halogens is 1. The van der Waals surface area contributed by atoms with Crippen molar-refractivity contribution in [3.05, 3.63) is 84.2 Å². The normalized spacial score (nSPS) is 14.0. The van der Waals surface area contributed by atoms with Gasteiger partial charge in [0.15, 0.2) is 5.13 Å². The van der Waals surface area contributed by atoms with Gasteiger partial charge in [0.1, 0.15) is 11.9 Å². The highest BCUT2D eigenvalue weighted by Crippen LogP contribution is 2.32. The monoisotopic (exact) mass is 418 g/mol. The average Bonchev–Trinajstić information content (AvgIpc) is 3.14. The summed E-state index contributed by atoms with van der Waals surface area (Å²) < 4.78 is 19.8. The quantitative estimate of drug-likeness (QED) is 0.424. The summed E-state index contributed by atoms with van der Waals surface area (Å²) in [6.45, 7) is 1.22. The Morgan fingerprint density at radius 3 is 2.53 bits per heavy atom. The third kappa shape index (κ3) is 3.91. The summed E-state index contributed by atoms with van der Waals surface area (Å²) in [5.41, 5.74) is 4.00. The lowest BCUT2D eigenvalue weighted by Gasteiger charge is -2.38. The fraction of sp³-hybridized carbons (Fsp3) is 0.167. The molecule has 4 nitrogen and oxygen atoms in total. The second-order valence-corrected chi connectivity index (χ2v) is 8.37. The number of hydrogen-bond donors (Lipinski definition) is 0. The molecule has 2 heterocycles. The summed E-state index contributed by atoms with van der Waals surface area (Å²) in [6.07, 6.45) is 0.122. The van der Waals surface area contributed by atoms with Gasteiger partial charge in [-0.05, 0) is 34.9 Å². The predicted octanol–water partition coefficient (Wildman–Crippen LogP) is 5.08. The lowest BCUT2D eigenvalue weighted by Crippen LogP contribution is -2.53. The van der Waals surface area contributed by atoms with E-state index in [-0.39, 0.29) is 24.3 Å². The molecule has 0 bridgehead atoms. The second-order valence-electron chi connectivity index (χ2n) is 7.37. The summed E-state index contributed by atoms with van der Waals surface area (Å²) >= 11 is 1.45. The lowest BCUT2D eigenvalue weighted by atomic mass is 10.0. The van der Waals surface area contributed by atoms with E-state index in [9.17, 15) is 9.18 Å². The zero-order valence-corrected chi connectivity index (χ0v) is 16.9. The molecule has 1 aliphatic heterocycles. The molecule has 0 radical (unpaired) electrons. The van der Waals surface area contributed by atoms with Crippen molar-refractivity contribution >= 4 is 32.7 Å². The Kier molecular flexibility index (Phi) is 4.93. The Labute approximate surface area is 177 Å². The van der Waals surface area contributed by atoms with E-state index in [2.05, 4.69) is 22.0 Å². The van der Waals surface area contributed by atoms with Crippen molar-refractivity contribution in [1.29, 1.82) is 0 Å². The number of rotatable bonds is 5. The molecule has 3 aromatic carbocycles. The topological polar surface area (TPSA) is 42.4 Å². The smallest absolute Gasteiger partial charge is 0.310 e. The van der Waals surface area contributed by atoms with Crippen LogP contribution in [0.2, 0.25) is 0 Å². The summed E-state index contributed by atoms with van der Waals surface area (Å²) in [5.74, 6) is -0.483. The highest BCUT2D eigenvalue weighted by Gasteiger charge is 2.32. The molecule has 0 atom stereocenters. The van der Waals surface area contributed by atoms with Crippen molar-refractivity contribution in [2.24, 2.45) is 0 Å². The number of carbonyl (C=O) groups is 1. The van der Waals surface area contributed by atoms with E-state index in [0.717, 1.165) is 32.0 Å². The molecule has 4 aromatic rings. The maximum atomic E-state index is 13.3. The first kappa shape index (κ1) is 18.8. The van der Waals surface area contributed by atoms with Gasteiger partial charge in [0.2, 0.25) is 0 Å². The van der Waals surface area contributed by atoms with Crippen molar-refractivity contribution in [3.8, 4) is 11.1 Å². The summed E-state index contributed by atoms with van der Waals surface area (Å²) in [6, 6.07) is 22.7. The van der Waals surface area contributed by atoms with E-state index in [1.54, 1.807) is 6.07 Å². The van der Waals surface area contributed by atoms with Crippen LogP contribution in [-0.2, 0) is 16.0 Å². The van der Waals surface area contributed by atoms with Crippen LogP contribution in [0.3, 0.4) is 0 Å². The predicted molar refractivity (Wildman–Crippen MR) is 117 cm³/mol. The first-order chi connectivity index (χ1) is 14.6. The molecule has 30 heavy (non-hydrogen) atoms. The molecular weight excluding hydrogens is 399 g/mol. The second kappa shape index (κ2) is 7.88. The van der Waals surface area contributed by atoms with Crippen LogP contribution in [0.15, 0.2) is 72.8 Å². The Hall–Kier alpha value is -3.25. The van der Waals surface area contributed by atoms with E-state index >= 15 is 0 Å². The van der Waals surface area contributed by atoms with Crippen molar-refractivity contribution in [2.75, 3.05) is 18.0 Å². The molecule has 1 fully saturated rings. The van der Waals surface area contributed by atoms with Crippen LogP contribution in [0.25, 0.3) is 21.3 Å². The minimum absolute atomic E-state index is 0.134. The van der Waals surface area contributed by atoms with Gasteiger partial charge in [0.25, 0.3) is 0 Å². The Bertz CT molecular complexity index is 1190. The summed E-state index contributed by atoms with van der Waals surface area (Å²) in [5, 5.41) is 0.833. The van der Waals surface area contributed by atoms with Gasteiger partial charge in [-0.25, -0.2) is 9.37 Å². The maximum absolute atomic E-state index is 13.3. The Balaban J connectivity index is 1.14. The van der Waals surface area contributed by atoms with Gasteiger partial charge < -0.3 is 9.64 Å². The number of carbonyl (C=O) groups excluding carboxylic acids is 1. The minimum Gasteiger partial charge on any atom is -0.458 e. The summed E-state index contributed by atoms with van der Waals surface area (Å²) in [7, 11) is 0. The van der Waals surface area contributed by atoms with Crippen molar-refractivity contribution in [1.82, 2.24) is 4.98 Å². The number of benzene rings is 3. The van der Waals surface area contributed by atoms with Gasteiger partial charge in [-0.3, -0.25) is 4.79 Å². The van der Waals surface area contributed by atoms with Gasteiger partial charge in [-0.2, -0.15) is 0 Å². The van der Waals surface area contributed by atoms with Crippen LogP contribution < -0.4 is 4.90 Å². The number of anilines is 1. The van der Waals surface area contributed by atoms with Gasteiger partial charge in [-0.15, -0.1) is 0 Å². The molecule has 150 valence electrons. The number of esters is 1. The lowest BCUT2D eigenvalue weighted by molar-refractivity contribution is -0.149. The van der Waals surface area contributed by atoms with E-state index in [1.165, 1.54) is 23.5 Å². The molecule has 0 unspecified atom stereocenters. The fourth-order valence-electron chi connectivity index (χ4n) is 3.53. The van der Waals surface area contributed by atoms with Crippen molar-refractivity contribution < 1.29 is 13.9 Å². The molecule has 1 aromatic heterocycles. The minimum atomic E-state index is -0.259. The van der Waals surface area contributed by atoms with Gasteiger partial charge in [0.05, 0.1) is 29.7 Å². The number of aromatic nitrogens is 1. The fourth-order valence-corrected chi connectivity index (χ4v) is 4.54. The first-order valence-electron chi connectivity index (χ1n) is 9.79. The van der Waals surface area contributed by atoms with Gasteiger partial charge in [0, 0.05) is 0 Å². The molecule has 1 aliphatic rings. The third-order valence-corrected chi connectivity index (χ3v) is 6.24. The maximum Gasteiger partial charge on any atom is 0.310 e. The van der Waals surface area contributed by atoms with E-state index < -0.39 is 0 Å². The Morgan fingerprint density at radius 2 is 1.77 bits per heavy atom. The first-order valence-corrected chi connectivity index (χ1v) is 10.6. The molecule has 5 rings (SSSR count). The highest BCUT2D eigenvalue weighted by atomic mass is 32.1. The van der Waals surface area contributed by atoms with Crippen molar-refractivity contribution in [3.63, 3.8) is 0 Å². The molecule has 1 saturated heterocycles. The summed E-state index contributed by atoms with van der Waals surface area (Å²) in [4.78, 5) is 18.9. The van der Waals surface area contributed by atoms with Crippen LogP contribution in [0.5, 0.6) is 0 Å². The molecular formula is C24H19FN2O2S. The van der Waals surface area contributed by atoms with Crippen molar-refractivity contribution in [2.45, 2.75) is 12.5 Å². The van der Waals surface area contributed by atoms with Gasteiger partial charge in [-0.1, -0.05) is 65.9 Å².